The Bertz CT molecular complexity index is 277. The van der Waals surface area contributed by atoms with Crippen LogP contribution < -0.4 is 5.32 Å². The second kappa shape index (κ2) is 7.21. The van der Waals surface area contributed by atoms with Crippen molar-refractivity contribution in [2.24, 2.45) is 11.8 Å². The minimum atomic E-state index is -5.65. The Morgan fingerprint density at radius 1 is 1.16 bits per heavy atom. The van der Waals surface area contributed by atoms with Gasteiger partial charge < -0.3 is 5.32 Å². The minimum Gasteiger partial charge on any atom is -0.355 e. The van der Waals surface area contributed by atoms with Gasteiger partial charge in [0.1, 0.15) is 0 Å². The molecule has 1 unspecified atom stereocenters. The normalized spacial score (nSPS) is 14.6. The van der Waals surface area contributed by atoms with Crippen LogP contribution in [0.4, 0.5) is 26.3 Å². The van der Waals surface area contributed by atoms with Crippen LogP contribution in [0.5, 0.6) is 0 Å². The maximum absolute atomic E-state index is 12.2. The van der Waals surface area contributed by atoms with Crippen LogP contribution in [0, 0.1) is 11.8 Å². The summed E-state index contributed by atoms with van der Waals surface area (Å²) in [6.07, 6.45) is -10.5. The van der Waals surface area contributed by atoms with Gasteiger partial charge in [-0.2, -0.15) is 26.3 Å². The first kappa shape index (κ1) is 18.3. The Morgan fingerprint density at radius 3 is 2.00 bits per heavy atom. The van der Waals surface area contributed by atoms with Gasteiger partial charge in [-0.05, 0) is 18.8 Å². The number of hydrogen-bond donors (Lipinski definition) is 1. The molecule has 0 rings (SSSR count). The van der Waals surface area contributed by atoms with Crippen LogP contribution >= 0.6 is 11.6 Å². The standard InChI is InChI=1S/C10H14ClF6NO/c1-6(5-11)3-2-4-18-8(19)7(9(12,13)14)10(15,16)17/h6-7H,2-5H2,1H3,(H,18,19). The molecule has 114 valence electrons. The maximum Gasteiger partial charge on any atom is 0.409 e. The summed E-state index contributed by atoms with van der Waals surface area (Å²) < 4.78 is 73.0. The monoisotopic (exact) mass is 313 g/mol. The van der Waals surface area contributed by atoms with Crippen LogP contribution in [0.15, 0.2) is 0 Å². The Balaban J connectivity index is 4.37. The lowest BCUT2D eigenvalue weighted by atomic mass is 10.1. The highest BCUT2D eigenvalue weighted by molar-refractivity contribution is 6.18. The first-order valence-electron chi connectivity index (χ1n) is 5.47. The molecular weight excluding hydrogens is 300 g/mol. The van der Waals surface area contributed by atoms with Crippen LogP contribution in [0.2, 0.25) is 0 Å². The molecule has 0 aliphatic rings. The predicted molar refractivity (Wildman–Crippen MR) is 57.7 cm³/mol. The molecule has 0 fully saturated rings. The highest BCUT2D eigenvalue weighted by atomic mass is 35.5. The molecule has 0 aromatic heterocycles. The van der Waals surface area contributed by atoms with Gasteiger partial charge in [0.2, 0.25) is 11.8 Å². The van der Waals surface area contributed by atoms with Crippen molar-refractivity contribution >= 4 is 17.5 Å². The number of alkyl halides is 7. The van der Waals surface area contributed by atoms with Gasteiger partial charge in [0, 0.05) is 12.4 Å². The van der Waals surface area contributed by atoms with Crippen molar-refractivity contribution in [1.29, 1.82) is 0 Å². The highest BCUT2D eigenvalue weighted by Crippen LogP contribution is 2.39. The Morgan fingerprint density at radius 2 is 1.63 bits per heavy atom. The number of rotatable bonds is 6. The molecule has 0 saturated carbocycles. The first-order chi connectivity index (χ1) is 8.50. The lowest BCUT2D eigenvalue weighted by Crippen LogP contribution is -2.48. The van der Waals surface area contributed by atoms with Crippen molar-refractivity contribution in [2.75, 3.05) is 12.4 Å². The van der Waals surface area contributed by atoms with Crippen LogP contribution in [-0.4, -0.2) is 30.7 Å². The van der Waals surface area contributed by atoms with Gasteiger partial charge in [-0.15, -0.1) is 11.6 Å². The molecule has 1 atom stereocenters. The van der Waals surface area contributed by atoms with Crippen LogP contribution in [0.25, 0.3) is 0 Å². The summed E-state index contributed by atoms with van der Waals surface area (Å²) in [4.78, 5) is 11.0. The first-order valence-corrected chi connectivity index (χ1v) is 6.00. The lowest BCUT2D eigenvalue weighted by molar-refractivity contribution is -0.274. The van der Waals surface area contributed by atoms with E-state index in [4.69, 9.17) is 11.6 Å². The van der Waals surface area contributed by atoms with E-state index in [1.54, 1.807) is 12.2 Å². The number of carbonyl (C=O) groups excluding carboxylic acids is 1. The van der Waals surface area contributed by atoms with E-state index in [2.05, 4.69) is 0 Å². The van der Waals surface area contributed by atoms with Crippen LogP contribution in [-0.2, 0) is 4.79 Å². The van der Waals surface area contributed by atoms with Crippen LogP contribution in [0.3, 0.4) is 0 Å². The topological polar surface area (TPSA) is 29.1 Å². The molecule has 9 heteroatoms. The quantitative estimate of drug-likeness (QED) is 0.454. The van der Waals surface area contributed by atoms with Gasteiger partial charge in [0.15, 0.2) is 0 Å². The Kier molecular flexibility index (Phi) is 6.96. The van der Waals surface area contributed by atoms with Crippen molar-refractivity contribution in [3.05, 3.63) is 0 Å². The summed E-state index contributed by atoms with van der Waals surface area (Å²) >= 11 is 5.48. The zero-order valence-electron chi connectivity index (χ0n) is 10.0. The molecule has 0 saturated heterocycles. The maximum atomic E-state index is 12.2. The molecule has 0 spiro atoms. The summed E-state index contributed by atoms with van der Waals surface area (Å²) in [5, 5.41) is 1.65. The summed E-state index contributed by atoms with van der Waals surface area (Å²) in [6, 6.07) is 0. The second-order valence-corrected chi connectivity index (χ2v) is 4.52. The van der Waals surface area contributed by atoms with Gasteiger partial charge in [-0.3, -0.25) is 4.79 Å². The number of halogens is 7. The van der Waals surface area contributed by atoms with Gasteiger partial charge >= 0.3 is 12.4 Å². The molecule has 2 nitrogen and oxygen atoms in total. The third kappa shape index (κ3) is 6.89. The van der Waals surface area contributed by atoms with E-state index in [0.29, 0.717) is 12.3 Å². The average Bonchev–Trinajstić information content (AvgIpc) is 2.19. The summed E-state index contributed by atoms with van der Waals surface area (Å²) in [5.41, 5.74) is 0. The van der Waals surface area contributed by atoms with E-state index in [-0.39, 0.29) is 18.9 Å². The van der Waals surface area contributed by atoms with Crippen molar-refractivity contribution < 1.29 is 31.1 Å². The van der Waals surface area contributed by atoms with E-state index >= 15 is 0 Å². The van der Waals surface area contributed by atoms with E-state index in [0.717, 1.165) is 0 Å². The third-order valence-corrected chi connectivity index (χ3v) is 2.88. The van der Waals surface area contributed by atoms with Crippen molar-refractivity contribution in [3.8, 4) is 0 Å². The lowest BCUT2D eigenvalue weighted by Gasteiger charge is -2.22. The fourth-order valence-corrected chi connectivity index (χ4v) is 1.48. The molecule has 0 aromatic carbocycles. The predicted octanol–water partition coefficient (Wildman–Crippen LogP) is 3.50. The van der Waals surface area contributed by atoms with Crippen molar-refractivity contribution in [1.82, 2.24) is 5.32 Å². The third-order valence-electron chi connectivity index (χ3n) is 2.35. The molecule has 0 aromatic rings. The highest BCUT2D eigenvalue weighted by Gasteiger charge is 2.60. The molecule has 0 radical (unpaired) electrons. The SMILES string of the molecule is CC(CCl)CCCNC(=O)C(C(F)(F)F)C(F)(F)F. The van der Waals surface area contributed by atoms with Crippen molar-refractivity contribution in [3.63, 3.8) is 0 Å². The number of hydrogen-bond acceptors (Lipinski definition) is 1. The molecule has 19 heavy (non-hydrogen) atoms. The van der Waals surface area contributed by atoms with Gasteiger partial charge in [-0.25, -0.2) is 0 Å². The molecule has 1 N–H and O–H groups in total. The zero-order chi connectivity index (χ0) is 15.3. The average molecular weight is 314 g/mol. The van der Waals surface area contributed by atoms with Gasteiger partial charge in [-0.1, -0.05) is 6.92 Å². The molecule has 0 bridgehead atoms. The molecule has 0 aliphatic heterocycles. The molecule has 1 amide bonds. The Labute approximate surface area is 111 Å². The van der Waals surface area contributed by atoms with Crippen LogP contribution in [0.1, 0.15) is 19.8 Å². The largest absolute Gasteiger partial charge is 0.409 e. The second-order valence-electron chi connectivity index (χ2n) is 4.21. The van der Waals surface area contributed by atoms with Gasteiger partial charge in [0.25, 0.3) is 0 Å². The number of nitrogens with one attached hydrogen (secondary N) is 1. The fourth-order valence-electron chi connectivity index (χ4n) is 1.32. The van der Waals surface area contributed by atoms with Crippen molar-refractivity contribution in [2.45, 2.75) is 32.1 Å². The molecular formula is C10H14ClF6NO. The number of amides is 1. The van der Waals surface area contributed by atoms with Gasteiger partial charge in [0.05, 0.1) is 0 Å². The smallest absolute Gasteiger partial charge is 0.355 e. The Hall–Kier alpha value is -0.660. The van der Waals surface area contributed by atoms with E-state index in [9.17, 15) is 31.1 Å². The fraction of sp³-hybridized carbons (Fsp3) is 0.900. The number of carbonyl (C=O) groups is 1. The molecule has 0 aliphatic carbocycles. The van der Waals surface area contributed by atoms with E-state index in [1.165, 1.54) is 0 Å². The summed E-state index contributed by atoms with van der Waals surface area (Å²) in [6.45, 7) is 1.53. The van der Waals surface area contributed by atoms with E-state index < -0.39 is 24.2 Å². The molecule has 0 heterocycles. The summed E-state index contributed by atoms with van der Waals surface area (Å²) in [7, 11) is 0. The zero-order valence-corrected chi connectivity index (χ0v) is 10.8. The summed E-state index contributed by atoms with van der Waals surface area (Å²) in [5.74, 6) is -5.63. The van der Waals surface area contributed by atoms with E-state index in [1.807, 2.05) is 0 Å². The minimum absolute atomic E-state index is 0.0830.